The molecule has 0 bridgehead atoms. The van der Waals surface area contributed by atoms with Gasteiger partial charge in [-0.3, -0.25) is 0 Å². The van der Waals surface area contributed by atoms with E-state index in [9.17, 15) is 0 Å². The Balaban J connectivity index is 2.30. The number of hydrogen-bond donors (Lipinski definition) is 1. The summed E-state index contributed by atoms with van der Waals surface area (Å²) in [7, 11) is 0. The SMILES string of the molecule is N#Cc1nnn(CCO)c1Cc1cccs1. The van der Waals surface area contributed by atoms with E-state index in [-0.39, 0.29) is 6.61 Å². The molecule has 0 saturated heterocycles. The van der Waals surface area contributed by atoms with Crippen LogP contribution in [0.2, 0.25) is 0 Å². The Morgan fingerprint density at radius 1 is 1.56 bits per heavy atom. The molecule has 16 heavy (non-hydrogen) atoms. The fraction of sp³-hybridized carbons (Fsp3) is 0.300. The zero-order valence-electron chi connectivity index (χ0n) is 8.50. The highest BCUT2D eigenvalue weighted by molar-refractivity contribution is 7.09. The minimum atomic E-state index is -0.00826. The first-order chi connectivity index (χ1) is 7.85. The number of aliphatic hydroxyl groups is 1. The molecule has 0 aromatic carbocycles. The van der Waals surface area contributed by atoms with Crippen LogP contribution in [0.15, 0.2) is 17.5 Å². The maximum absolute atomic E-state index is 8.90. The molecule has 6 heteroatoms. The normalized spacial score (nSPS) is 10.2. The highest BCUT2D eigenvalue weighted by Crippen LogP contribution is 2.16. The maximum Gasteiger partial charge on any atom is 0.186 e. The van der Waals surface area contributed by atoms with Crippen molar-refractivity contribution in [3.63, 3.8) is 0 Å². The number of hydrogen-bond acceptors (Lipinski definition) is 5. The molecule has 5 nitrogen and oxygen atoms in total. The second-order valence-electron chi connectivity index (χ2n) is 3.20. The average Bonchev–Trinajstić information content (AvgIpc) is 2.91. The quantitative estimate of drug-likeness (QED) is 0.848. The molecule has 0 saturated carbocycles. The molecular formula is C10H10N4OS. The summed E-state index contributed by atoms with van der Waals surface area (Å²) >= 11 is 1.63. The van der Waals surface area contributed by atoms with Gasteiger partial charge in [0, 0.05) is 11.3 Å². The molecule has 2 rings (SSSR count). The highest BCUT2D eigenvalue weighted by atomic mass is 32.1. The average molecular weight is 234 g/mol. The molecule has 0 aliphatic heterocycles. The first kappa shape index (κ1) is 10.8. The van der Waals surface area contributed by atoms with E-state index in [1.165, 1.54) is 0 Å². The van der Waals surface area contributed by atoms with Crippen molar-refractivity contribution < 1.29 is 5.11 Å². The van der Waals surface area contributed by atoms with Crippen LogP contribution in [-0.4, -0.2) is 26.7 Å². The van der Waals surface area contributed by atoms with Crippen LogP contribution in [0.25, 0.3) is 0 Å². The van der Waals surface area contributed by atoms with Gasteiger partial charge in [0.2, 0.25) is 0 Å². The third-order valence-electron chi connectivity index (χ3n) is 2.18. The molecule has 2 aromatic rings. The number of aromatic nitrogens is 3. The Morgan fingerprint density at radius 3 is 3.06 bits per heavy atom. The fourth-order valence-electron chi connectivity index (χ4n) is 1.45. The topological polar surface area (TPSA) is 74.7 Å². The van der Waals surface area contributed by atoms with E-state index in [4.69, 9.17) is 10.4 Å². The number of nitrogens with zero attached hydrogens (tertiary/aromatic N) is 4. The molecule has 0 amide bonds. The van der Waals surface area contributed by atoms with E-state index < -0.39 is 0 Å². The first-order valence-corrected chi connectivity index (χ1v) is 5.69. The summed E-state index contributed by atoms with van der Waals surface area (Å²) in [6.45, 7) is 0.362. The molecule has 0 aliphatic carbocycles. The summed E-state index contributed by atoms with van der Waals surface area (Å²) in [6, 6.07) is 5.98. The van der Waals surface area contributed by atoms with Crippen molar-refractivity contribution in [1.82, 2.24) is 15.0 Å². The van der Waals surface area contributed by atoms with Gasteiger partial charge in [-0.25, -0.2) is 4.68 Å². The van der Waals surface area contributed by atoms with Crippen molar-refractivity contribution in [3.8, 4) is 6.07 Å². The monoisotopic (exact) mass is 234 g/mol. The third-order valence-corrected chi connectivity index (χ3v) is 3.05. The summed E-state index contributed by atoms with van der Waals surface area (Å²) < 4.78 is 1.58. The second kappa shape index (κ2) is 4.88. The van der Waals surface area contributed by atoms with Gasteiger partial charge in [0.15, 0.2) is 5.69 Å². The zero-order chi connectivity index (χ0) is 11.4. The molecule has 1 N–H and O–H groups in total. The van der Waals surface area contributed by atoms with E-state index in [2.05, 4.69) is 10.3 Å². The predicted octanol–water partition coefficient (Wildman–Crippen LogP) is 0.794. The standard InChI is InChI=1S/C10H10N4OS/c11-7-9-10(6-8-2-1-5-16-8)14(3-4-15)13-12-9/h1-2,5,15H,3-4,6H2. The zero-order valence-corrected chi connectivity index (χ0v) is 9.31. The molecule has 0 atom stereocenters. The lowest BCUT2D eigenvalue weighted by Gasteiger charge is -2.02. The molecule has 2 aromatic heterocycles. The lowest BCUT2D eigenvalue weighted by molar-refractivity contribution is 0.266. The van der Waals surface area contributed by atoms with Crippen LogP contribution < -0.4 is 0 Å². The predicted molar refractivity (Wildman–Crippen MR) is 58.9 cm³/mol. The number of nitriles is 1. The first-order valence-electron chi connectivity index (χ1n) is 4.81. The van der Waals surface area contributed by atoms with Crippen molar-refractivity contribution in [3.05, 3.63) is 33.8 Å². The summed E-state index contributed by atoms with van der Waals surface area (Å²) in [6.07, 6.45) is 0.632. The van der Waals surface area contributed by atoms with E-state index in [1.54, 1.807) is 16.0 Å². The van der Waals surface area contributed by atoms with E-state index in [0.717, 1.165) is 10.6 Å². The van der Waals surface area contributed by atoms with Gasteiger partial charge < -0.3 is 5.11 Å². The van der Waals surface area contributed by atoms with Crippen molar-refractivity contribution in [2.45, 2.75) is 13.0 Å². The van der Waals surface area contributed by atoms with Crippen molar-refractivity contribution >= 4 is 11.3 Å². The smallest absolute Gasteiger partial charge is 0.186 e. The maximum atomic E-state index is 8.90. The van der Waals surface area contributed by atoms with Gasteiger partial charge in [0.1, 0.15) is 6.07 Å². The number of aliphatic hydroxyl groups excluding tert-OH is 1. The van der Waals surface area contributed by atoms with Crippen LogP contribution in [0.5, 0.6) is 0 Å². The summed E-state index contributed by atoms with van der Waals surface area (Å²) in [5.74, 6) is 0. The molecule has 0 radical (unpaired) electrons. The fourth-order valence-corrected chi connectivity index (χ4v) is 2.16. The lowest BCUT2D eigenvalue weighted by Crippen LogP contribution is -2.08. The van der Waals surface area contributed by atoms with Crippen LogP contribution in [-0.2, 0) is 13.0 Å². The molecule has 2 heterocycles. The van der Waals surface area contributed by atoms with E-state index in [1.807, 2.05) is 23.6 Å². The molecule has 82 valence electrons. The lowest BCUT2D eigenvalue weighted by atomic mass is 10.2. The van der Waals surface area contributed by atoms with Crippen LogP contribution >= 0.6 is 11.3 Å². The number of thiophene rings is 1. The molecule has 0 spiro atoms. The van der Waals surface area contributed by atoms with Gasteiger partial charge in [-0.2, -0.15) is 5.26 Å². The van der Waals surface area contributed by atoms with Crippen molar-refractivity contribution in [1.29, 1.82) is 5.26 Å². The number of rotatable bonds is 4. The molecular weight excluding hydrogens is 224 g/mol. The highest BCUT2D eigenvalue weighted by Gasteiger charge is 2.13. The van der Waals surface area contributed by atoms with Crippen LogP contribution in [0.1, 0.15) is 16.3 Å². The van der Waals surface area contributed by atoms with Crippen molar-refractivity contribution in [2.75, 3.05) is 6.61 Å². The molecule has 0 unspecified atom stereocenters. The Labute approximate surface area is 96.6 Å². The van der Waals surface area contributed by atoms with Gasteiger partial charge in [-0.05, 0) is 11.4 Å². The summed E-state index contributed by atoms with van der Waals surface area (Å²) in [5, 5.41) is 27.4. The van der Waals surface area contributed by atoms with Gasteiger partial charge >= 0.3 is 0 Å². The van der Waals surface area contributed by atoms with Gasteiger partial charge in [0.05, 0.1) is 18.8 Å². The van der Waals surface area contributed by atoms with Crippen molar-refractivity contribution in [2.24, 2.45) is 0 Å². The minimum Gasteiger partial charge on any atom is -0.394 e. The minimum absolute atomic E-state index is 0.00826. The van der Waals surface area contributed by atoms with Crippen LogP contribution in [0.3, 0.4) is 0 Å². The Hall–Kier alpha value is -1.71. The Morgan fingerprint density at radius 2 is 2.44 bits per heavy atom. The van der Waals surface area contributed by atoms with Gasteiger partial charge in [0.25, 0.3) is 0 Å². The third kappa shape index (κ3) is 2.10. The van der Waals surface area contributed by atoms with E-state index in [0.29, 0.717) is 18.7 Å². The van der Waals surface area contributed by atoms with Gasteiger partial charge in [-0.15, -0.1) is 16.4 Å². The molecule has 0 fully saturated rings. The Bertz CT molecular complexity index is 497. The van der Waals surface area contributed by atoms with Gasteiger partial charge in [-0.1, -0.05) is 11.3 Å². The van der Waals surface area contributed by atoms with Crippen LogP contribution in [0.4, 0.5) is 0 Å². The Kier molecular flexibility index (Phi) is 3.29. The van der Waals surface area contributed by atoms with Crippen LogP contribution in [0, 0.1) is 11.3 Å². The largest absolute Gasteiger partial charge is 0.394 e. The molecule has 0 aliphatic rings. The van der Waals surface area contributed by atoms with E-state index >= 15 is 0 Å². The summed E-state index contributed by atoms with van der Waals surface area (Å²) in [4.78, 5) is 1.15. The summed E-state index contributed by atoms with van der Waals surface area (Å²) in [5.41, 5.74) is 1.10. The second-order valence-corrected chi connectivity index (χ2v) is 4.23.